The molecule has 8 N–H and O–H groups in total. The number of hydrogen-bond acceptors (Lipinski definition) is 12. The molecule has 4 fully saturated rings. The van der Waals surface area contributed by atoms with Crippen molar-refractivity contribution in [3.63, 3.8) is 0 Å². The van der Waals surface area contributed by atoms with E-state index in [1.807, 2.05) is 9.13 Å². The molecule has 0 radical (unpaired) electrons. The number of hydrogen-bond donors (Lipinski definition) is 6. The minimum Gasteiger partial charge on any atom is -0.444 e. The van der Waals surface area contributed by atoms with Gasteiger partial charge in [0.2, 0.25) is 0 Å². The number of primary amides is 2. The number of aliphatic hydroxyl groups is 4. The van der Waals surface area contributed by atoms with Crippen LogP contribution in [0.5, 0.6) is 0 Å². The van der Waals surface area contributed by atoms with Crippen LogP contribution in [0.3, 0.4) is 0 Å². The monoisotopic (exact) mass is 1050 g/mol. The molecule has 8 heterocycles. The molecule has 2 aliphatic carbocycles. The summed E-state index contributed by atoms with van der Waals surface area (Å²) >= 11 is 0. The van der Waals surface area contributed by atoms with Gasteiger partial charge >= 0.3 is 12.2 Å². The number of halogens is 2. The molecule has 18 nitrogen and oxygen atoms in total. The van der Waals surface area contributed by atoms with Crippen LogP contribution in [-0.4, -0.2) is 122 Å². The molecule has 12 rings (SSSR count). The van der Waals surface area contributed by atoms with Crippen molar-refractivity contribution in [3.05, 3.63) is 80.9 Å². The maximum atomic E-state index is 15.0. The van der Waals surface area contributed by atoms with Crippen molar-refractivity contribution in [1.82, 2.24) is 28.9 Å². The molecule has 2 atom stereocenters. The fourth-order valence-corrected chi connectivity index (χ4v) is 10.7. The van der Waals surface area contributed by atoms with Gasteiger partial charge in [0.05, 0.1) is 22.5 Å². The predicted octanol–water partition coefficient (Wildman–Crippen LogP) is 6.49. The number of carbonyl (C=O) groups is 4. The summed E-state index contributed by atoms with van der Waals surface area (Å²) < 4.78 is 44.5. The smallest absolute Gasteiger partial charge is 0.410 e. The SMILES string of the molecule is CC(C)(O)C#Cc1cc2c(cc1F)C1CC(C1)n1c-2nc(C(N)=O)c1[C@@H](O)C1CN(C(=O)OC(C)(C)C)C1.CC(C)(O)C#Cc1cc2c(cc1F)C1CC(C1)n1c-2nc(C(N)=O)c1[C@H](O)C1CN(C(=O)OC(C)(C)C)C1. The Labute approximate surface area is 439 Å². The summed E-state index contributed by atoms with van der Waals surface area (Å²) in [6.07, 6.45) is -0.273. The van der Waals surface area contributed by atoms with Gasteiger partial charge in [0.15, 0.2) is 11.4 Å². The number of amides is 4. The topological polar surface area (TPSA) is 262 Å². The summed E-state index contributed by atoms with van der Waals surface area (Å²) in [7, 11) is 0. The molecule has 0 spiro atoms. The van der Waals surface area contributed by atoms with Crippen LogP contribution < -0.4 is 11.5 Å². The molecule has 76 heavy (non-hydrogen) atoms. The number of imidazole rings is 2. The zero-order valence-electron chi connectivity index (χ0n) is 44.4. The van der Waals surface area contributed by atoms with Crippen LogP contribution in [0.2, 0.25) is 0 Å². The van der Waals surface area contributed by atoms with E-state index in [0.717, 1.165) is 11.1 Å². The summed E-state index contributed by atoms with van der Waals surface area (Å²) in [4.78, 5) is 61.9. The second-order valence-electron chi connectivity index (χ2n) is 24.1. The minimum atomic E-state index is -1.30. The van der Waals surface area contributed by atoms with E-state index in [0.29, 0.717) is 59.8 Å². The highest BCUT2D eigenvalue weighted by atomic mass is 19.1. The van der Waals surface area contributed by atoms with E-state index < -0.39 is 70.2 Å². The van der Waals surface area contributed by atoms with Crippen molar-refractivity contribution in [2.45, 2.75) is 153 Å². The summed E-state index contributed by atoms with van der Waals surface area (Å²) in [5, 5.41) is 42.8. The van der Waals surface area contributed by atoms with E-state index in [-0.39, 0.29) is 84.4 Å². The number of nitrogens with zero attached hydrogens (tertiary/aromatic N) is 6. The van der Waals surface area contributed by atoms with Gasteiger partial charge in [0.25, 0.3) is 11.8 Å². The normalized spacial score (nSPS) is 21.1. The fourth-order valence-electron chi connectivity index (χ4n) is 10.7. The number of aliphatic hydroxyl groups excluding tert-OH is 2. The lowest BCUT2D eigenvalue weighted by Gasteiger charge is -2.43. The Balaban J connectivity index is 0.000000186. The molecule has 2 saturated carbocycles. The third kappa shape index (κ3) is 10.5. The van der Waals surface area contributed by atoms with Crippen LogP contribution >= 0.6 is 0 Å². The number of carbonyl (C=O) groups excluding carboxylic acids is 4. The Kier molecular flexibility index (Phi) is 13.5. The third-order valence-electron chi connectivity index (χ3n) is 14.5. The van der Waals surface area contributed by atoms with Crippen molar-refractivity contribution in [2.24, 2.45) is 23.3 Å². The second-order valence-corrected chi connectivity index (χ2v) is 24.1. The van der Waals surface area contributed by atoms with Crippen LogP contribution in [0.15, 0.2) is 24.3 Å². The molecule has 8 aliphatic rings. The van der Waals surface area contributed by atoms with Crippen molar-refractivity contribution >= 4 is 24.0 Å². The minimum absolute atomic E-state index is 0.0343. The van der Waals surface area contributed by atoms with Gasteiger partial charge in [-0.25, -0.2) is 28.3 Å². The summed E-state index contributed by atoms with van der Waals surface area (Å²) in [5.74, 6) is 8.60. The van der Waals surface area contributed by atoms with Gasteiger partial charge in [-0.3, -0.25) is 9.59 Å². The quantitative estimate of drug-likeness (QED) is 0.113. The Morgan fingerprint density at radius 2 is 0.934 bits per heavy atom. The molecule has 6 aliphatic heterocycles. The Hall–Kier alpha value is -6.84. The van der Waals surface area contributed by atoms with E-state index in [9.17, 15) is 48.4 Å². The molecule has 404 valence electrons. The molecule has 4 amide bonds. The van der Waals surface area contributed by atoms with Gasteiger partial charge in [-0.1, -0.05) is 23.7 Å². The highest BCUT2D eigenvalue weighted by Crippen LogP contribution is 2.56. The standard InChI is InChI=1S/2C28H33FN4O5/c2*1-27(2,3)38-26(36)32-12-16(13-32)23(34)22-21(24(30)35)31-25-19-10-14(6-7-28(4,5)37)20(29)11-18(19)15-8-17(9-15)33(22)25/h2*10-11,15-17,23,34,37H,8-9,12-13H2,1-5H3,(H2,30,35)/t2*15?,17?,23-/m10/s1. The van der Waals surface area contributed by atoms with Crippen LogP contribution in [0, 0.1) is 47.2 Å². The molecule has 2 aromatic carbocycles. The van der Waals surface area contributed by atoms with Crippen molar-refractivity contribution in [1.29, 1.82) is 0 Å². The maximum absolute atomic E-state index is 15.0. The Morgan fingerprint density at radius 3 is 1.22 bits per heavy atom. The van der Waals surface area contributed by atoms with E-state index in [4.69, 9.17) is 20.9 Å². The van der Waals surface area contributed by atoms with Gasteiger partial charge in [-0.2, -0.15) is 0 Å². The van der Waals surface area contributed by atoms with Gasteiger partial charge in [0, 0.05) is 61.2 Å². The highest BCUT2D eigenvalue weighted by molar-refractivity contribution is 5.94. The van der Waals surface area contributed by atoms with Gasteiger partial charge in [-0.15, -0.1) is 0 Å². The number of benzene rings is 2. The molecule has 2 aromatic heterocycles. The van der Waals surface area contributed by atoms with Crippen molar-refractivity contribution < 1.29 is 57.9 Å². The average Bonchev–Trinajstić information content (AvgIpc) is 3.66. The number of likely N-dealkylation sites (tertiary alicyclic amines) is 2. The van der Waals surface area contributed by atoms with Crippen molar-refractivity contribution in [2.75, 3.05) is 26.2 Å². The third-order valence-corrected chi connectivity index (χ3v) is 14.5. The molecule has 4 aromatic rings. The Bertz CT molecular complexity index is 2970. The first-order valence-electron chi connectivity index (χ1n) is 25.6. The van der Waals surface area contributed by atoms with Crippen molar-refractivity contribution in [3.8, 4) is 46.5 Å². The molecule has 0 unspecified atom stereocenters. The summed E-state index contributed by atoms with van der Waals surface area (Å²) in [6, 6.07) is 6.03. The number of ether oxygens (including phenoxy) is 2. The molecule has 2 saturated heterocycles. The second kappa shape index (κ2) is 19.0. The lowest BCUT2D eigenvalue weighted by atomic mass is 9.75. The molecular formula is C56H66F2N8O10. The van der Waals surface area contributed by atoms with Crippen LogP contribution in [-0.2, 0) is 9.47 Å². The number of aromatic nitrogens is 4. The highest BCUT2D eigenvalue weighted by Gasteiger charge is 2.48. The van der Waals surface area contributed by atoms with Crippen LogP contribution in [0.1, 0.15) is 186 Å². The first kappa shape index (κ1) is 54.0. The average molecular weight is 1050 g/mol. The summed E-state index contributed by atoms with van der Waals surface area (Å²) in [6.45, 7) is 17.8. The molecular weight excluding hydrogens is 983 g/mol. The number of nitrogens with two attached hydrogens (primary N) is 2. The number of rotatable bonds is 6. The predicted molar refractivity (Wildman–Crippen MR) is 273 cm³/mol. The first-order chi connectivity index (χ1) is 35.3. The first-order valence-corrected chi connectivity index (χ1v) is 25.6. The van der Waals surface area contributed by atoms with E-state index in [2.05, 4.69) is 33.6 Å². The van der Waals surface area contributed by atoms with Gasteiger partial charge in [-0.05, 0) is 142 Å². The lowest BCUT2D eigenvalue weighted by Crippen LogP contribution is -2.53. The zero-order chi connectivity index (χ0) is 55.5. The summed E-state index contributed by atoms with van der Waals surface area (Å²) in [5.41, 5.74) is 11.2. The maximum Gasteiger partial charge on any atom is 0.410 e. The Morgan fingerprint density at radius 1 is 0.605 bits per heavy atom. The molecule has 20 heteroatoms. The van der Waals surface area contributed by atoms with Gasteiger partial charge in [0.1, 0.15) is 57.9 Å². The zero-order valence-corrected chi connectivity index (χ0v) is 44.4. The van der Waals surface area contributed by atoms with Crippen LogP contribution in [0.25, 0.3) is 22.8 Å². The molecule has 4 bridgehead atoms. The fraction of sp³-hybridized carbons (Fsp3) is 0.536. The van der Waals surface area contributed by atoms with Gasteiger partial charge < -0.3 is 60.3 Å². The van der Waals surface area contributed by atoms with E-state index in [1.165, 1.54) is 49.6 Å². The lowest BCUT2D eigenvalue weighted by molar-refractivity contribution is -0.0348. The van der Waals surface area contributed by atoms with E-state index >= 15 is 0 Å². The van der Waals surface area contributed by atoms with E-state index in [1.54, 1.807) is 53.7 Å². The largest absolute Gasteiger partial charge is 0.444 e. The van der Waals surface area contributed by atoms with Crippen LogP contribution in [0.4, 0.5) is 18.4 Å².